The number of fused-ring (bicyclic) bond motifs is 12. The normalized spacial score (nSPS) is 16.7. The third kappa shape index (κ3) is 6.24. The molecule has 9 aromatic carbocycles. The summed E-state index contributed by atoms with van der Waals surface area (Å²) >= 11 is 0. The van der Waals surface area contributed by atoms with E-state index in [9.17, 15) is 0 Å². The van der Waals surface area contributed by atoms with Crippen LogP contribution in [-0.2, 0) is 22.7 Å². The molecule has 358 valence electrons. The lowest BCUT2D eigenvalue weighted by atomic mass is 9.65. The predicted octanol–water partition coefficient (Wildman–Crippen LogP) is 18.7. The zero-order valence-corrected chi connectivity index (χ0v) is 43.0. The van der Waals surface area contributed by atoms with Crippen molar-refractivity contribution in [2.75, 3.05) is 0 Å². The van der Waals surface area contributed by atoms with Gasteiger partial charge in [-0.15, -0.1) is 0 Å². The minimum Gasteiger partial charge on any atom is -0.313 e. The fourth-order valence-electron chi connectivity index (χ4n) is 14.8. The van der Waals surface area contributed by atoms with Gasteiger partial charge in [0, 0.05) is 55.0 Å². The van der Waals surface area contributed by atoms with Crippen LogP contribution in [0.4, 0.5) is 0 Å². The molecule has 0 atom stereocenters. The summed E-state index contributed by atoms with van der Waals surface area (Å²) in [6.45, 7) is 9.45. The fraction of sp³-hybridized carbons (Fsp3) is 0.194. The molecule has 11 aromatic rings. The van der Waals surface area contributed by atoms with Crippen molar-refractivity contribution >= 4 is 44.4 Å². The van der Waals surface area contributed by atoms with E-state index in [1.54, 1.807) is 0 Å². The molecule has 0 bridgehead atoms. The summed E-state index contributed by atoms with van der Waals surface area (Å²) in [5.41, 5.74) is 28.3. The van der Waals surface area contributed by atoms with Crippen molar-refractivity contribution < 1.29 is 0 Å². The number of hydrogen-bond donors (Lipinski definition) is 0. The molecule has 1 fully saturated rings. The van der Waals surface area contributed by atoms with Gasteiger partial charge < -0.3 is 9.13 Å². The molecule has 2 aromatic heterocycles. The number of allylic oxidation sites excluding steroid dienone is 1. The first kappa shape index (κ1) is 43.6. The van der Waals surface area contributed by atoms with Crippen LogP contribution < -0.4 is 0 Å². The molecule has 2 nitrogen and oxygen atoms in total. The van der Waals surface area contributed by atoms with Gasteiger partial charge in [-0.1, -0.05) is 186 Å². The highest BCUT2D eigenvalue weighted by Crippen LogP contribution is 2.52. The first-order chi connectivity index (χ1) is 36.2. The Labute approximate surface area is 435 Å². The second-order valence-electron chi connectivity index (χ2n) is 23.1. The van der Waals surface area contributed by atoms with Gasteiger partial charge in [-0.2, -0.15) is 0 Å². The van der Waals surface area contributed by atoms with Crippen LogP contribution in [0.2, 0.25) is 0 Å². The van der Waals surface area contributed by atoms with Crippen LogP contribution in [0.1, 0.15) is 116 Å². The lowest BCUT2D eigenvalue weighted by Gasteiger charge is -2.39. The van der Waals surface area contributed by atoms with Gasteiger partial charge in [0.25, 0.3) is 0 Å². The van der Waals surface area contributed by atoms with Gasteiger partial charge in [-0.3, -0.25) is 0 Å². The maximum absolute atomic E-state index is 2.56. The summed E-state index contributed by atoms with van der Waals surface area (Å²) in [5.74, 6) is 0. The number of rotatable bonds is 6. The molecule has 0 saturated heterocycles. The van der Waals surface area contributed by atoms with Crippen molar-refractivity contribution in [3.8, 4) is 44.8 Å². The third-order valence-corrected chi connectivity index (χ3v) is 18.6. The molecule has 0 unspecified atom stereocenters. The molecule has 0 spiro atoms. The van der Waals surface area contributed by atoms with E-state index in [1.165, 1.54) is 153 Å². The predicted molar refractivity (Wildman–Crippen MR) is 311 cm³/mol. The molecule has 2 heterocycles. The Morgan fingerprint density at radius 1 is 0.365 bits per heavy atom. The molecule has 4 aliphatic rings. The molecular formula is C72H60N2. The molecular weight excluding hydrogens is 893 g/mol. The number of nitrogens with zero attached hydrogens (tertiary/aromatic N) is 2. The van der Waals surface area contributed by atoms with Gasteiger partial charge in [0.05, 0.1) is 16.6 Å². The number of aromatic nitrogens is 2. The minimum atomic E-state index is -0.0297. The Bertz CT molecular complexity index is 4140. The maximum Gasteiger partial charge on any atom is 0.0541 e. The molecule has 74 heavy (non-hydrogen) atoms. The van der Waals surface area contributed by atoms with Crippen molar-refractivity contribution in [2.24, 2.45) is 0 Å². The maximum atomic E-state index is 2.56. The number of benzene rings is 9. The van der Waals surface area contributed by atoms with E-state index in [4.69, 9.17) is 0 Å². The van der Waals surface area contributed by atoms with E-state index in [0.717, 1.165) is 25.7 Å². The van der Waals surface area contributed by atoms with Gasteiger partial charge in [0.15, 0.2) is 0 Å². The summed E-state index contributed by atoms with van der Waals surface area (Å²) in [6.07, 6.45) is 10.6. The molecule has 0 aliphatic heterocycles. The smallest absolute Gasteiger partial charge is 0.0541 e. The Morgan fingerprint density at radius 3 is 1.50 bits per heavy atom. The highest BCUT2D eigenvalue weighted by molar-refractivity contribution is 6.10. The molecule has 0 amide bonds. The summed E-state index contributed by atoms with van der Waals surface area (Å²) in [7, 11) is 0. The van der Waals surface area contributed by atoms with E-state index in [-0.39, 0.29) is 16.2 Å². The largest absolute Gasteiger partial charge is 0.313 e. The van der Waals surface area contributed by atoms with Gasteiger partial charge in [-0.25, -0.2) is 0 Å². The van der Waals surface area contributed by atoms with Crippen LogP contribution in [0, 0.1) is 0 Å². The lowest BCUT2D eigenvalue weighted by molar-refractivity contribution is 0.346. The van der Waals surface area contributed by atoms with Crippen molar-refractivity contribution in [3.63, 3.8) is 0 Å². The Hall–Kier alpha value is -7.94. The monoisotopic (exact) mass is 952 g/mol. The van der Waals surface area contributed by atoms with E-state index in [2.05, 4.69) is 243 Å². The first-order valence-corrected chi connectivity index (χ1v) is 27.2. The van der Waals surface area contributed by atoms with E-state index in [1.807, 2.05) is 0 Å². The van der Waals surface area contributed by atoms with Crippen LogP contribution in [0.25, 0.3) is 89.1 Å². The summed E-state index contributed by atoms with van der Waals surface area (Å²) < 4.78 is 5.04. The first-order valence-electron chi connectivity index (χ1n) is 27.2. The Kier molecular flexibility index (Phi) is 9.45. The van der Waals surface area contributed by atoms with Crippen LogP contribution in [0.15, 0.2) is 200 Å². The fourth-order valence-corrected chi connectivity index (χ4v) is 14.8. The minimum absolute atomic E-state index is 0.00151. The molecule has 2 heteroatoms. The molecule has 4 aliphatic carbocycles. The number of para-hydroxylation sites is 2. The van der Waals surface area contributed by atoms with Gasteiger partial charge in [0.1, 0.15) is 0 Å². The lowest BCUT2D eigenvalue weighted by Crippen LogP contribution is -2.30. The van der Waals surface area contributed by atoms with Gasteiger partial charge in [0.2, 0.25) is 0 Å². The molecule has 1 saturated carbocycles. The second-order valence-corrected chi connectivity index (χ2v) is 23.1. The standard InChI is InChI=1S/C72H60N2/c1-70(2)62-20-10-6-16-54(62)58-42-46(24-36-64(58)70)48-26-38-68-60(44-48)56-18-8-12-22-66(56)73(68)52-32-28-50(29-33-52)72(40-14-5-15-41-72)51-30-34-53(35-31-51)74-67-23-13-9-19-57(67)61-45-49(27-39-69(61)74)47-25-37-65-59(43-47)55-17-7-11-21-63(55)71(65,3)4/h6-13,16-26,28-38,42-45H,5,14-15,27,39-41H2,1-4H3. The van der Waals surface area contributed by atoms with Crippen molar-refractivity contribution in [3.05, 3.63) is 250 Å². The summed E-state index contributed by atoms with van der Waals surface area (Å²) in [6, 6.07) is 76.9. The SMILES string of the molecule is CC1(C)c2ccccc2-c2cc(C3=Cc4c(n(-c5ccc(C6(c7ccc(-n8c9ccccc9c9cc(-c%10ccc%11c(c%10)-c%10ccccc%10C%11(C)C)ccc98)cc7)CCCCC6)cc5)c5ccccc45)CC3)ccc21. The summed E-state index contributed by atoms with van der Waals surface area (Å²) in [5, 5.41) is 3.90. The van der Waals surface area contributed by atoms with Gasteiger partial charge in [-0.05, 0) is 170 Å². The topological polar surface area (TPSA) is 9.86 Å². The molecule has 15 rings (SSSR count). The Morgan fingerprint density at radius 2 is 0.851 bits per heavy atom. The molecule has 0 N–H and O–H groups in total. The van der Waals surface area contributed by atoms with Crippen molar-refractivity contribution in [2.45, 2.75) is 88.9 Å². The highest BCUT2D eigenvalue weighted by Gasteiger charge is 2.38. The van der Waals surface area contributed by atoms with Gasteiger partial charge >= 0.3 is 0 Å². The summed E-state index contributed by atoms with van der Waals surface area (Å²) in [4.78, 5) is 0. The van der Waals surface area contributed by atoms with Crippen LogP contribution in [0.5, 0.6) is 0 Å². The average Bonchev–Trinajstić information content (AvgIpc) is 4.15. The van der Waals surface area contributed by atoms with Crippen LogP contribution in [-0.4, -0.2) is 9.13 Å². The zero-order chi connectivity index (χ0) is 49.5. The van der Waals surface area contributed by atoms with E-state index >= 15 is 0 Å². The van der Waals surface area contributed by atoms with E-state index in [0.29, 0.717) is 0 Å². The van der Waals surface area contributed by atoms with Crippen LogP contribution >= 0.6 is 0 Å². The third-order valence-electron chi connectivity index (χ3n) is 18.6. The average molecular weight is 953 g/mol. The Balaban J connectivity index is 0.761. The van der Waals surface area contributed by atoms with Crippen molar-refractivity contribution in [1.82, 2.24) is 9.13 Å². The zero-order valence-electron chi connectivity index (χ0n) is 43.0. The van der Waals surface area contributed by atoms with Crippen LogP contribution in [0.3, 0.4) is 0 Å². The highest BCUT2D eigenvalue weighted by atomic mass is 15.0. The van der Waals surface area contributed by atoms with Crippen molar-refractivity contribution in [1.29, 1.82) is 0 Å². The second kappa shape index (κ2) is 16.0. The molecule has 0 radical (unpaired) electrons. The quantitative estimate of drug-likeness (QED) is 0.157. The number of hydrogen-bond acceptors (Lipinski definition) is 0. The van der Waals surface area contributed by atoms with E-state index < -0.39 is 0 Å².